The van der Waals surface area contributed by atoms with E-state index < -0.39 is 34.3 Å². The van der Waals surface area contributed by atoms with Crippen LogP contribution in [-0.4, -0.2) is 50.4 Å². The molecule has 0 saturated heterocycles. The second kappa shape index (κ2) is 14.6. The van der Waals surface area contributed by atoms with Crippen molar-refractivity contribution in [3.63, 3.8) is 0 Å². The molecule has 8 nitrogen and oxygen atoms in total. The van der Waals surface area contributed by atoms with E-state index >= 15 is 0 Å². The number of benzene rings is 3. The first-order valence-corrected chi connectivity index (χ1v) is 15.2. The number of carbonyl (C=O) groups is 2. The molecule has 0 aliphatic heterocycles. The van der Waals surface area contributed by atoms with Crippen LogP contribution in [0, 0.1) is 5.82 Å². The summed E-state index contributed by atoms with van der Waals surface area (Å²) in [5.41, 5.74) is 0.906. The molecule has 0 radical (unpaired) electrons. The number of hydrogen-bond donors (Lipinski definition) is 1. The summed E-state index contributed by atoms with van der Waals surface area (Å²) in [7, 11) is -4.19. The predicted octanol–water partition coefficient (Wildman–Crippen LogP) is 5.14. The Labute approximate surface area is 242 Å². The maximum absolute atomic E-state index is 14.0. The lowest BCUT2D eigenvalue weighted by Gasteiger charge is -2.33. The van der Waals surface area contributed by atoms with Crippen LogP contribution in [-0.2, 0) is 26.2 Å². The summed E-state index contributed by atoms with van der Waals surface area (Å²) in [5, 5.41) is 2.93. The third-order valence-corrected chi connectivity index (χ3v) is 8.49. The topological polar surface area (TPSA) is 96.0 Å². The molecule has 3 rings (SSSR count). The zero-order chi connectivity index (χ0) is 30.0. The van der Waals surface area contributed by atoms with E-state index in [0.717, 1.165) is 4.31 Å². The van der Waals surface area contributed by atoms with Crippen molar-refractivity contribution in [2.24, 2.45) is 0 Å². The lowest BCUT2D eigenvalue weighted by atomic mass is 10.1. The van der Waals surface area contributed by atoms with Gasteiger partial charge in [-0.15, -0.1) is 0 Å². The second-order valence-corrected chi connectivity index (χ2v) is 11.5. The molecule has 0 spiro atoms. The lowest BCUT2D eigenvalue weighted by molar-refractivity contribution is -0.140. The number of para-hydroxylation sites is 1. The minimum absolute atomic E-state index is 0.00270. The van der Waals surface area contributed by atoms with Crippen LogP contribution in [0.4, 0.5) is 10.1 Å². The standard InChI is InChI=1S/C31H38FN3O5S/c1-5-23(4)33-31(37)29(6-2)34(21-24-13-15-25(32)16-14-24)30(36)22-35(26-11-9-8-10-12-26)41(38,39)28-19-17-27(18-20-28)40-7-3/h8-20,23,29H,5-7,21-22H2,1-4H3,(H,33,37). The molecule has 0 aromatic heterocycles. The molecule has 220 valence electrons. The molecule has 3 aromatic rings. The van der Waals surface area contributed by atoms with E-state index in [1.54, 1.807) is 61.5 Å². The Balaban J connectivity index is 2.02. The smallest absolute Gasteiger partial charge is 0.264 e. The van der Waals surface area contributed by atoms with Crippen LogP contribution >= 0.6 is 0 Å². The van der Waals surface area contributed by atoms with Gasteiger partial charge in [0.15, 0.2) is 0 Å². The predicted molar refractivity (Wildman–Crippen MR) is 158 cm³/mol. The molecule has 41 heavy (non-hydrogen) atoms. The van der Waals surface area contributed by atoms with Crippen molar-refractivity contribution in [1.29, 1.82) is 0 Å². The fraction of sp³-hybridized carbons (Fsp3) is 0.355. The Hall–Kier alpha value is -3.92. The van der Waals surface area contributed by atoms with Crippen molar-refractivity contribution < 1.29 is 27.1 Å². The van der Waals surface area contributed by atoms with Gasteiger partial charge in [-0.25, -0.2) is 12.8 Å². The van der Waals surface area contributed by atoms with Crippen LogP contribution in [0.15, 0.2) is 83.8 Å². The number of ether oxygens (including phenoxy) is 1. The molecule has 1 N–H and O–H groups in total. The van der Waals surface area contributed by atoms with Crippen LogP contribution in [0.1, 0.15) is 46.1 Å². The number of nitrogens with one attached hydrogen (secondary N) is 1. The molecule has 10 heteroatoms. The van der Waals surface area contributed by atoms with Gasteiger partial charge in [0, 0.05) is 12.6 Å². The minimum atomic E-state index is -4.19. The molecule has 0 bridgehead atoms. The molecule has 0 aliphatic rings. The highest BCUT2D eigenvalue weighted by molar-refractivity contribution is 7.92. The van der Waals surface area contributed by atoms with E-state index in [9.17, 15) is 22.4 Å². The lowest BCUT2D eigenvalue weighted by Crippen LogP contribution is -2.53. The summed E-state index contributed by atoms with van der Waals surface area (Å²) in [6, 6.07) is 19.0. The van der Waals surface area contributed by atoms with Gasteiger partial charge >= 0.3 is 0 Å². The third kappa shape index (κ3) is 8.29. The van der Waals surface area contributed by atoms with Crippen LogP contribution in [0.2, 0.25) is 0 Å². The highest BCUT2D eigenvalue weighted by Gasteiger charge is 2.34. The summed E-state index contributed by atoms with van der Waals surface area (Å²) in [4.78, 5) is 28.7. The fourth-order valence-corrected chi connectivity index (χ4v) is 5.69. The zero-order valence-corrected chi connectivity index (χ0v) is 24.7. The molecule has 3 aromatic carbocycles. The van der Waals surface area contributed by atoms with Crippen LogP contribution < -0.4 is 14.4 Å². The van der Waals surface area contributed by atoms with Gasteiger partial charge in [-0.1, -0.05) is 44.2 Å². The average Bonchev–Trinajstić information content (AvgIpc) is 2.97. The molecule has 0 heterocycles. The molecular weight excluding hydrogens is 545 g/mol. The van der Waals surface area contributed by atoms with E-state index in [1.807, 2.05) is 20.8 Å². The van der Waals surface area contributed by atoms with E-state index in [-0.39, 0.29) is 23.4 Å². The van der Waals surface area contributed by atoms with Crippen molar-refractivity contribution in [2.45, 2.75) is 64.1 Å². The first-order valence-electron chi connectivity index (χ1n) is 13.8. The Bertz CT molecular complexity index is 1380. The number of halogens is 1. The molecule has 2 atom stereocenters. The Morgan fingerprint density at radius 2 is 1.54 bits per heavy atom. The summed E-state index contributed by atoms with van der Waals surface area (Å²) in [6.45, 7) is 7.32. The van der Waals surface area contributed by atoms with Gasteiger partial charge in [-0.05, 0) is 80.8 Å². The van der Waals surface area contributed by atoms with Crippen LogP contribution in [0.5, 0.6) is 5.75 Å². The Kier molecular flexibility index (Phi) is 11.3. The second-order valence-electron chi connectivity index (χ2n) is 9.64. The van der Waals surface area contributed by atoms with Gasteiger partial charge in [0.25, 0.3) is 10.0 Å². The van der Waals surface area contributed by atoms with Crippen LogP contribution in [0.25, 0.3) is 0 Å². The third-order valence-electron chi connectivity index (χ3n) is 6.70. The van der Waals surface area contributed by atoms with E-state index in [2.05, 4.69) is 5.32 Å². The van der Waals surface area contributed by atoms with Gasteiger partial charge in [0.1, 0.15) is 24.2 Å². The summed E-state index contributed by atoms with van der Waals surface area (Å²) >= 11 is 0. The fourth-order valence-electron chi connectivity index (χ4n) is 4.27. The van der Waals surface area contributed by atoms with Gasteiger partial charge in [-0.3, -0.25) is 13.9 Å². The molecule has 0 fully saturated rings. The largest absolute Gasteiger partial charge is 0.494 e. The molecule has 2 amide bonds. The highest BCUT2D eigenvalue weighted by Crippen LogP contribution is 2.26. The van der Waals surface area contributed by atoms with E-state index in [4.69, 9.17) is 4.74 Å². The SMILES string of the molecule is CCOc1ccc(S(=O)(=O)N(CC(=O)N(Cc2ccc(F)cc2)C(CC)C(=O)NC(C)CC)c2ccccc2)cc1. The van der Waals surface area contributed by atoms with Crippen molar-refractivity contribution in [2.75, 3.05) is 17.5 Å². The monoisotopic (exact) mass is 583 g/mol. The van der Waals surface area contributed by atoms with Crippen LogP contribution in [0.3, 0.4) is 0 Å². The first kappa shape index (κ1) is 31.6. The molecular formula is C31H38FN3O5S. The first-order chi connectivity index (χ1) is 19.6. The maximum atomic E-state index is 14.0. The number of amides is 2. The number of hydrogen-bond acceptors (Lipinski definition) is 5. The number of anilines is 1. The van der Waals surface area contributed by atoms with Crippen molar-refractivity contribution >= 4 is 27.5 Å². The van der Waals surface area contributed by atoms with Gasteiger partial charge in [0.05, 0.1) is 17.2 Å². The van der Waals surface area contributed by atoms with E-state index in [0.29, 0.717) is 36.4 Å². The number of nitrogens with zero attached hydrogens (tertiary/aromatic N) is 2. The normalized spacial score (nSPS) is 12.7. The molecule has 2 unspecified atom stereocenters. The van der Waals surface area contributed by atoms with Gasteiger partial charge < -0.3 is 15.0 Å². The summed E-state index contributed by atoms with van der Waals surface area (Å²) < 4.78 is 47.9. The average molecular weight is 584 g/mol. The summed E-state index contributed by atoms with van der Waals surface area (Å²) in [5.74, 6) is -0.806. The quantitative estimate of drug-likeness (QED) is 0.284. The summed E-state index contributed by atoms with van der Waals surface area (Å²) in [6.07, 6.45) is 1.00. The van der Waals surface area contributed by atoms with Gasteiger partial charge in [-0.2, -0.15) is 0 Å². The number of sulfonamides is 1. The maximum Gasteiger partial charge on any atom is 0.264 e. The van der Waals surface area contributed by atoms with Gasteiger partial charge in [0.2, 0.25) is 11.8 Å². The van der Waals surface area contributed by atoms with Crippen molar-refractivity contribution in [3.05, 3.63) is 90.2 Å². The van der Waals surface area contributed by atoms with Crippen molar-refractivity contribution in [3.8, 4) is 5.75 Å². The highest BCUT2D eigenvalue weighted by atomic mass is 32.2. The number of carbonyl (C=O) groups excluding carboxylic acids is 2. The van der Waals surface area contributed by atoms with Crippen molar-refractivity contribution in [1.82, 2.24) is 10.2 Å². The number of rotatable bonds is 14. The molecule has 0 aliphatic carbocycles. The molecule has 0 saturated carbocycles. The Morgan fingerprint density at radius 1 is 0.902 bits per heavy atom. The minimum Gasteiger partial charge on any atom is -0.494 e. The zero-order valence-electron chi connectivity index (χ0n) is 23.9. The van der Waals surface area contributed by atoms with E-state index in [1.165, 1.54) is 29.2 Å². The Morgan fingerprint density at radius 3 is 2.10 bits per heavy atom.